The third-order valence-electron chi connectivity index (χ3n) is 2.55. The largest absolute Gasteiger partial charge is 0.490 e. The van der Waals surface area contributed by atoms with Crippen molar-refractivity contribution < 1.29 is 24.2 Å². The Bertz CT molecular complexity index is 462. The molecule has 21 heavy (non-hydrogen) atoms. The molecule has 1 aromatic carbocycles. The summed E-state index contributed by atoms with van der Waals surface area (Å²) in [5.74, 6) is -0.398. The van der Waals surface area contributed by atoms with Gasteiger partial charge in [-0.3, -0.25) is 14.5 Å². The first-order chi connectivity index (χ1) is 10.0. The number of nitrogens with zero attached hydrogens (tertiary/aromatic N) is 1. The molecule has 116 valence electrons. The second kappa shape index (κ2) is 8.80. The van der Waals surface area contributed by atoms with Crippen molar-refractivity contribution in [1.82, 2.24) is 4.90 Å². The molecule has 3 N–H and O–H groups in total. The van der Waals surface area contributed by atoms with Gasteiger partial charge in [0.25, 0.3) is 0 Å². The van der Waals surface area contributed by atoms with Gasteiger partial charge in [-0.15, -0.1) is 0 Å². The summed E-state index contributed by atoms with van der Waals surface area (Å²) in [5.41, 5.74) is 5.08. The van der Waals surface area contributed by atoms with Crippen LogP contribution in [0.15, 0.2) is 24.3 Å². The van der Waals surface area contributed by atoms with E-state index in [0.29, 0.717) is 18.1 Å². The lowest BCUT2D eigenvalue weighted by Crippen LogP contribution is -2.39. The first-order valence-electron chi connectivity index (χ1n) is 6.60. The summed E-state index contributed by atoms with van der Waals surface area (Å²) in [7, 11) is 0. The lowest BCUT2D eigenvalue weighted by Gasteiger charge is -2.19. The number of rotatable bonds is 10. The van der Waals surface area contributed by atoms with Crippen molar-refractivity contribution in [2.45, 2.75) is 6.92 Å². The molecule has 0 spiro atoms. The van der Waals surface area contributed by atoms with Gasteiger partial charge in [0.15, 0.2) is 11.5 Å². The van der Waals surface area contributed by atoms with Crippen molar-refractivity contribution in [2.24, 2.45) is 5.73 Å². The molecule has 0 unspecified atom stereocenters. The maximum Gasteiger partial charge on any atom is 0.317 e. The van der Waals surface area contributed by atoms with Gasteiger partial charge < -0.3 is 20.3 Å². The quantitative estimate of drug-likeness (QED) is 0.645. The van der Waals surface area contributed by atoms with Crippen molar-refractivity contribution >= 4 is 11.9 Å². The third-order valence-corrected chi connectivity index (χ3v) is 2.55. The van der Waals surface area contributed by atoms with Gasteiger partial charge in [0, 0.05) is 6.54 Å². The van der Waals surface area contributed by atoms with Crippen molar-refractivity contribution in [3.8, 4) is 11.5 Å². The van der Waals surface area contributed by atoms with Crippen LogP contribution >= 0.6 is 0 Å². The summed E-state index contributed by atoms with van der Waals surface area (Å²) in [4.78, 5) is 23.0. The number of carboxylic acids is 1. The van der Waals surface area contributed by atoms with Crippen LogP contribution in [0.4, 0.5) is 0 Å². The molecule has 1 aromatic rings. The number of carbonyl (C=O) groups is 2. The Morgan fingerprint density at radius 1 is 1.19 bits per heavy atom. The zero-order valence-corrected chi connectivity index (χ0v) is 11.9. The number of ether oxygens (including phenoxy) is 2. The van der Waals surface area contributed by atoms with Crippen LogP contribution in [0.25, 0.3) is 0 Å². The Kier molecular flexibility index (Phi) is 7.03. The number of amides is 1. The van der Waals surface area contributed by atoms with Gasteiger partial charge in [0.05, 0.1) is 19.7 Å². The summed E-state index contributed by atoms with van der Waals surface area (Å²) in [6.07, 6.45) is 0. The van der Waals surface area contributed by atoms with Gasteiger partial charge in [-0.25, -0.2) is 0 Å². The molecule has 7 heteroatoms. The monoisotopic (exact) mass is 296 g/mol. The Labute approximate surface area is 123 Å². The molecule has 0 heterocycles. The summed E-state index contributed by atoms with van der Waals surface area (Å²) in [6, 6.07) is 7.20. The molecule has 0 aliphatic heterocycles. The molecule has 1 rings (SSSR count). The van der Waals surface area contributed by atoms with E-state index in [1.54, 1.807) is 12.1 Å². The van der Waals surface area contributed by atoms with Gasteiger partial charge >= 0.3 is 5.97 Å². The number of hydrogen-bond acceptors (Lipinski definition) is 5. The predicted molar refractivity (Wildman–Crippen MR) is 76.4 cm³/mol. The average Bonchev–Trinajstić information content (AvgIpc) is 2.39. The fraction of sp³-hybridized carbons (Fsp3) is 0.429. The second-order valence-electron chi connectivity index (χ2n) is 4.30. The summed E-state index contributed by atoms with van der Waals surface area (Å²) in [6.45, 7) is 2.51. The van der Waals surface area contributed by atoms with Crippen LogP contribution in [0.2, 0.25) is 0 Å². The molecular weight excluding hydrogens is 276 g/mol. The Hall–Kier alpha value is -2.28. The third kappa shape index (κ3) is 6.62. The van der Waals surface area contributed by atoms with Crippen molar-refractivity contribution in [3.63, 3.8) is 0 Å². The van der Waals surface area contributed by atoms with E-state index in [0.717, 1.165) is 0 Å². The van der Waals surface area contributed by atoms with Crippen molar-refractivity contribution in [1.29, 1.82) is 0 Å². The highest BCUT2D eigenvalue weighted by molar-refractivity contribution is 5.77. The summed E-state index contributed by atoms with van der Waals surface area (Å²) in [5, 5.41) is 8.77. The summed E-state index contributed by atoms with van der Waals surface area (Å²) >= 11 is 0. The van der Waals surface area contributed by atoms with E-state index in [2.05, 4.69) is 0 Å². The molecule has 0 bridgehead atoms. The van der Waals surface area contributed by atoms with Gasteiger partial charge in [-0.05, 0) is 19.1 Å². The Morgan fingerprint density at radius 3 is 2.33 bits per heavy atom. The Morgan fingerprint density at radius 2 is 1.81 bits per heavy atom. The summed E-state index contributed by atoms with van der Waals surface area (Å²) < 4.78 is 11.0. The van der Waals surface area contributed by atoms with Gasteiger partial charge in [0.2, 0.25) is 5.91 Å². The standard InChI is InChI=1S/C14H20N2O5/c1-2-20-11-5-3-4-6-12(11)21-8-7-16(9-13(15)17)10-14(18)19/h3-6H,2,7-10H2,1H3,(H2,15,17)(H,18,19). The van der Waals surface area contributed by atoms with Gasteiger partial charge in [-0.2, -0.15) is 0 Å². The minimum Gasteiger partial charge on any atom is -0.490 e. The lowest BCUT2D eigenvalue weighted by atomic mass is 10.3. The number of carboxylic acid groups (broad SMARTS) is 1. The minimum atomic E-state index is -1.02. The fourth-order valence-electron chi connectivity index (χ4n) is 1.75. The van der Waals surface area contributed by atoms with E-state index in [4.69, 9.17) is 20.3 Å². The van der Waals surface area contributed by atoms with Gasteiger partial charge in [-0.1, -0.05) is 12.1 Å². The highest BCUT2D eigenvalue weighted by Crippen LogP contribution is 2.26. The maximum absolute atomic E-state index is 10.9. The Balaban J connectivity index is 2.53. The number of carbonyl (C=O) groups excluding carboxylic acids is 1. The zero-order valence-electron chi connectivity index (χ0n) is 11.9. The molecule has 0 aliphatic rings. The molecule has 1 amide bonds. The number of aliphatic carboxylic acids is 1. The average molecular weight is 296 g/mol. The van der Waals surface area contributed by atoms with E-state index in [9.17, 15) is 9.59 Å². The van der Waals surface area contributed by atoms with E-state index >= 15 is 0 Å². The molecule has 7 nitrogen and oxygen atoms in total. The number of primary amides is 1. The van der Waals surface area contributed by atoms with Crippen LogP contribution < -0.4 is 15.2 Å². The fourth-order valence-corrected chi connectivity index (χ4v) is 1.75. The van der Waals surface area contributed by atoms with Crippen LogP contribution in [-0.2, 0) is 9.59 Å². The zero-order chi connectivity index (χ0) is 15.7. The first kappa shape index (κ1) is 16.8. The van der Waals surface area contributed by atoms with Crippen molar-refractivity contribution in [2.75, 3.05) is 32.8 Å². The predicted octanol–water partition coefficient (Wildman–Crippen LogP) is 0.336. The van der Waals surface area contributed by atoms with Crippen LogP contribution in [0.1, 0.15) is 6.92 Å². The molecule has 0 saturated carbocycles. The number of hydrogen-bond donors (Lipinski definition) is 2. The smallest absolute Gasteiger partial charge is 0.317 e. The first-order valence-corrected chi connectivity index (χ1v) is 6.60. The number of benzene rings is 1. The van der Waals surface area contributed by atoms with Crippen LogP contribution in [-0.4, -0.2) is 54.7 Å². The van der Waals surface area contributed by atoms with E-state index in [-0.39, 0.29) is 26.2 Å². The number of nitrogens with two attached hydrogens (primary N) is 1. The van der Waals surface area contributed by atoms with Crippen LogP contribution in [0, 0.1) is 0 Å². The van der Waals surface area contributed by atoms with Gasteiger partial charge in [0.1, 0.15) is 6.61 Å². The molecule has 0 atom stereocenters. The highest BCUT2D eigenvalue weighted by atomic mass is 16.5. The van der Waals surface area contributed by atoms with E-state index in [1.807, 2.05) is 19.1 Å². The normalized spacial score (nSPS) is 10.4. The second-order valence-corrected chi connectivity index (χ2v) is 4.30. The molecule has 0 aromatic heterocycles. The lowest BCUT2D eigenvalue weighted by molar-refractivity contribution is -0.138. The van der Waals surface area contributed by atoms with E-state index in [1.165, 1.54) is 4.90 Å². The SMILES string of the molecule is CCOc1ccccc1OCCN(CC(N)=O)CC(=O)O. The topological polar surface area (TPSA) is 102 Å². The molecule has 0 aliphatic carbocycles. The van der Waals surface area contributed by atoms with Crippen LogP contribution in [0.5, 0.6) is 11.5 Å². The molecule has 0 radical (unpaired) electrons. The molecular formula is C14H20N2O5. The van der Waals surface area contributed by atoms with Crippen LogP contribution in [0.3, 0.4) is 0 Å². The molecule has 0 fully saturated rings. The molecule has 0 saturated heterocycles. The number of para-hydroxylation sites is 2. The minimum absolute atomic E-state index is 0.122. The van der Waals surface area contributed by atoms with E-state index < -0.39 is 11.9 Å². The maximum atomic E-state index is 10.9. The highest BCUT2D eigenvalue weighted by Gasteiger charge is 2.12. The van der Waals surface area contributed by atoms with Crippen molar-refractivity contribution in [3.05, 3.63) is 24.3 Å².